The van der Waals surface area contributed by atoms with E-state index >= 15 is 0 Å². The molecule has 0 bridgehead atoms. The summed E-state index contributed by atoms with van der Waals surface area (Å²) in [4.78, 5) is 46.6. The Kier molecular flexibility index (Phi) is 6.24. The van der Waals surface area contributed by atoms with Gasteiger partial charge in [-0.25, -0.2) is 0 Å². The number of hydrogen-bond donors (Lipinski definition) is 1. The van der Waals surface area contributed by atoms with Crippen molar-refractivity contribution in [1.29, 1.82) is 0 Å². The average Bonchev–Trinajstić information content (AvgIpc) is 2.46. The maximum absolute atomic E-state index is 12.1. The van der Waals surface area contributed by atoms with Crippen LogP contribution in [0.1, 0.15) is 13.8 Å². The Labute approximate surface area is 126 Å². The first-order chi connectivity index (χ1) is 10.4. The largest absolute Gasteiger partial charge is 0.355 e. The van der Waals surface area contributed by atoms with Crippen molar-refractivity contribution in [3.8, 4) is 0 Å². The summed E-state index contributed by atoms with van der Waals surface area (Å²) in [6.45, 7) is 3.74. The first-order valence-electron chi connectivity index (χ1n) is 6.78. The predicted molar refractivity (Wildman–Crippen MR) is 78.3 cm³/mol. The molecule has 0 aliphatic heterocycles. The van der Waals surface area contributed by atoms with Gasteiger partial charge in [-0.05, 0) is 13.8 Å². The Morgan fingerprint density at radius 2 is 2.05 bits per heavy atom. The molecular formula is C13H18N4O5. The van der Waals surface area contributed by atoms with E-state index in [9.17, 15) is 24.5 Å². The number of amides is 2. The van der Waals surface area contributed by atoms with Gasteiger partial charge in [0, 0.05) is 25.2 Å². The van der Waals surface area contributed by atoms with E-state index in [0.29, 0.717) is 13.1 Å². The Hall–Kier alpha value is -2.71. The number of aromatic nitrogens is 1. The summed E-state index contributed by atoms with van der Waals surface area (Å²) in [5.74, 6) is -0.763. The summed E-state index contributed by atoms with van der Waals surface area (Å²) in [6.07, 6.45) is 1.01. The number of hydrogen-bond acceptors (Lipinski definition) is 5. The van der Waals surface area contributed by atoms with Crippen LogP contribution in [0.15, 0.2) is 23.1 Å². The van der Waals surface area contributed by atoms with E-state index in [2.05, 4.69) is 5.32 Å². The van der Waals surface area contributed by atoms with Crippen molar-refractivity contribution in [3.05, 3.63) is 38.8 Å². The van der Waals surface area contributed by atoms with Gasteiger partial charge in [0.2, 0.25) is 11.8 Å². The average molecular weight is 310 g/mol. The van der Waals surface area contributed by atoms with Gasteiger partial charge in [-0.15, -0.1) is 0 Å². The van der Waals surface area contributed by atoms with Gasteiger partial charge in [0.25, 0.3) is 11.2 Å². The molecule has 0 spiro atoms. The molecule has 1 heterocycles. The normalized spacial score (nSPS) is 10.1. The molecular weight excluding hydrogens is 292 g/mol. The molecule has 0 atom stereocenters. The van der Waals surface area contributed by atoms with Gasteiger partial charge in [0.1, 0.15) is 6.54 Å². The molecule has 0 saturated heterocycles. The number of rotatable bonds is 7. The van der Waals surface area contributed by atoms with Gasteiger partial charge in [0.05, 0.1) is 17.7 Å². The van der Waals surface area contributed by atoms with Gasteiger partial charge in [-0.2, -0.15) is 0 Å². The molecule has 120 valence electrons. The second kappa shape index (κ2) is 7.91. The lowest BCUT2D eigenvalue weighted by Crippen LogP contribution is -2.42. The van der Waals surface area contributed by atoms with Gasteiger partial charge in [-0.3, -0.25) is 29.1 Å². The van der Waals surface area contributed by atoms with Crippen molar-refractivity contribution < 1.29 is 14.5 Å². The van der Waals surface area contributed by atoms with Gasteiger partial charge in [-0.1, -0.05) is 0 Å². The minimum atomic E-state index is -0.646. The number of nitrogens with zero attached hydrogens (tertiary/aromatic N) is 3. The second-order valence-corrected chi connectivity index (χ2v) is 4.47. The Balaban J connectivity index is 2.86. The topological polar surface area (TPSA) is 115 Å². The van der Waals surface area contributed by atoms with Crippen LogP contribution in [0.25, 0.3) is 0 Å². The molecule has 9 heteroatoms. The van der Waals surface area contributed by atoms with E-state index in [4.69, 9.17) is 0 Å². The first kappa shape index (κ1) is 17.3. The third-order valence-corrected chi connectivity index (χ3v) is 2.93. The van der Waals surface area contributed by atoms with Crippen LogP contribution in [0, 0.1) is 10.1 Å². The third kappa shape index (κ3) is 4.69. The zero-order valence-electron chi connectivity index (χ0n) is 12.4. The van der Waals surface area contributed by atoms with Crippen LogP contribution in [0.3, 0.4) is 0 Å². The van der Waals surface area contributed by atoms with Crippen LogP contribution >= 0.6 is 0 Å². The van der Waals surface area contributed by atoms with Crippen LogP contribution in [0.4, 0.5) is 5.69 Å². The lowest BCUT2D eigenvalue weighted by molar-refractivity contribution is -0.385. The fraction of sp³-hybridized carbons (Fsp3) is 0.462. The highest BCUT2D eigenvalue weighted by molar-refractivity contribution is 5.84. The van der Waals surface area contributed by atoms with E-state index < -0.39 is 16.4 Å². The van der Waals surface area contributed by atoms with E-state index in [1.807, 2.05) is 0 Å². The van der Waals surface area contributed by atoms with Crippen molar-refractivity contribution in [2.45, 2.75) is 20.4 Å². The highest BCUT2D eigenvalue weighted by atomic mass is 16.6. The SMILES string of the molecule is CCNC(=O)CN(CC)C(=O)Cn1cc([N+](=O)[O-])ccc1=O. The zero-order valence-corrected chi connectivity index (χ0v) is 12.4. The van der Waals surface area contributed by atoms with E-state index in [0.717, 1.165) is 22.9 Å². The van der Waals surface area contributed by atoms with Crippen LogP contribution in [-0.4, -0.2) is 45.8 Å². The molecule has 1 aromatic rings. The standard InChI is InChI=1S/C13H18N4O5/c1-3-14-11(18)8-15(4-2)13(20)9-16-7-10(17(21)22)5-6-12(16)19/h5-7H,3-4,8-9H2,1-2H3,(H,14,18). The molecule has 1 N–H and O–H groups in total. The molecule has 0 radical (unpaired) electrons. The molecule has 0 unspecified atom stereocenters. The lowest BCUT2D eigenvalue weighted by Gasteiger charge is -2.20. The number of carbonyl (C=O) groups is 2. The summed E-state index contributed by atoms with van der Waals surface area (Å²) in [7, 11) is 0. The molecule has 1 rings (SSSR count). The number of nitrogens with one attached hydrogen (secondary N) is 1. The molecule has 0 aliphatic rings. The summed E-state index contributed by atoms with van der Waals surface area (Å²) in [5, 5.41) is 13.3. The number of likely N-dealkylation sites (N-methyl/N-ethyl adjacent to an activating group) is 2. The highest BCUT2D eigenvalue weighted by Gasteiger charge is 2.17. The summed E-state index contributed by atoms with van der Waals surface area (Å²) in [6, 6.07) is 2.11. The molecule has 1 aromatic heterocycles. The van der Waals surface area contributed by atoms with Crippen LogP contribution in [0.5, 0.6) is 0 Å². The quantitative estimate of drug-likeness (QED) is 0.550. The minimum absolute atomic E-state index is 0.118. The molecule has 2 amide bonds. The molecule has 0 aliphatic carbocycles. The van der Waals surface area contributed by atoms with E-state index in [1.165, 1.54) is 4.90 Å². The number of nitro groups is 1. The second-order valence-electron chi connectivity index (χ2n) is 4.47. The third-order valence-electron chi connectivity index (χ3n) is 2.93. The molecule has 0 aromatic carbocycles. The first-order valence-corrected chi connectivity index (χ1v) is 6.78. The molecule has 0 fully saturated rings. The van der Waals surface area contributed by atoms with Crippen LogP contribution < -0.4 is 10.9 Å². The maximum Gasteiger partial charge on any atom is 0.285 e. The van der Waals surface area contributed by atoms with Gasteiger partial charge >= 0.3 is 0 Å². The fourth-order valence-electron chi connectivity index (χ4n) is 1.80. The highest BCUT2D eigenvalue weighted by Crippen LogP contribution is 2.06. The van der Waals surface area contributed by atoms with Crippen molar-refractivity contribution in [2.24, 2.45) is 0 Å². The maximum atomic E-state index is 12.1. The van der Waals surface area contributed by atoms with E-state index in [-0.39, 0.29) is 24.7 Å². The zero-order chi connectivity index (χ0) is 16.7. The fourth-order valence-corrected chi connectivity index (χ4v) is 1.80. The smallest absolute Gasteiger partial charge is 0.285 e. The molecule has 0 saturated carbocycles. The van der Waals surface area contributed by atoms with Crippen LogP contribution in [-0.2, 0) is 16.1 Å². The Bertz CT molecular complexity index is 625. The molecule has 22 heavy (non-hydrogen) atoms. The predicted octanol–water partition coefficient (Wildman–Crippen LogP) is -0.259. The van der Waals surface area contributed by atoms with Crippen molar-refractivity contribution in [2.75, 3.05) is 19.6 Å². The number of pyridine rings is 1. The lowest BCUT2D eigenvalue weighted by atomic mass is 10.3. The van der Waals surface area contributed by atoms with Gasteiger partial charge in [0.15, 0.2) is 0 Å². The van der Waals surface area contributed by atoms with Crippen LogP contribution in [0.2, 0.25) is 0 Å². The van der Waals surface area contributed by atoms with Crippen molar-refractivity contribution >= 4 is 17.5 Å². The van der Waals surface area contributed by atoms with Crippen molar-refractivity contribution in [1.82, 2.24) is 14.8 Å². The van der Waals surface area contributed by atoms with E-state index in [1.54, 1.807) is 13.8 Å². The number of carbonyl (C=O) groups excluding carboxylic acids is 2. The summed E-state index contributed by atoms with van der Waals surface area (Å²) >= 11 is 0. The van der Waals surface area contributed by atoms with Gasteiger partial charge < -0.3 is 10.2 Å². The minimum Gasteiger partial charge on any atom is -0.355 e. The Morgan fingerprint density at radius 3 is 2.59 bits per heavy atom. The van der Waals surface area contributed by atoms with Crippen molar-refractivity contribution in [3.63, 3.8) is 0 Å². The molecule has 9 nitrogen and oxygen atoms in total. The Morgan fingerprint density at radius 1 is 1.36 bits per heavy atom. The summed E-state index contributed by atoms with van der Waals surface area (Å²) < 4.78 is 0.959. The summed E-state index contributed by atoms with van der Waals surface area (Å²) in [5.41, 5.74) is -0.799. The monoisotopic (exact) mass is 310 g/mol.